The number of hydrogen-bond acceptors (Lipinski definition) is 2. The highest BCUT2D eigenvalue weighted by molar-refractivity contribution is 5.51. The SMILES string of the molecule is Cc1ccc(F)cc1NC1CCN2CCCC12. The van der Waals surface area contributed by atoms with Crippen LogP contribution >= 0.6 is 0 Å². The zero-order chi connectivity index (χ0) is 11.8. The molecule has 2 fully saturated rings. The summed E-state index contributed by atoms with van der Waals surface area (Å²) in [5.74, 6) is -0.153. The first-order valence-electron chi connectivity index (χ1n) is 6.51. The van der Waals surface area contributed by atoms with Crippen molar-refractivity contribution in [1.29, 1.82) is 0 Å². The first-order valence-corrected chi connectivity index (χ1v) is 6.51. The largest absolute Gasteiger partial charge is 0.380 e. The second-order valence-corrected chi connectivity index (χ2v) is 5.24. The molecule has 0 spiro atoms. The molecular weight excluding hydrogens is 215 g/mol. The minimum absolute atomic E-state index is 0.153. The number of nitrogens with zero attached hydrogens (tertiary/aromatic N) is 1. The summed E-state index contributed by atoms with van der Waals surface area (Å²) in [5, 5.41) is 3.54. The third-order valence-electron chi connectivity index (χ3n) is 4.15. The van der Waals surface area contributed by atoms with Gasteiger partial charge in [0.15, 0.2) is 0 Å². The molecule has 2 aliphatic rings. The van der Waals surface area contributed by atoms with Crippen molar-refractivity contribution in [3.63, 3.8) is 0 Å². The molecule has 0 radical (unpaired) electrons. The van der Waals surface area contributed by atoms with Crippen LogP contribution in [0.3, 0.4) is 0 Å². The van der Waals surface area contributed by atoms with E-state index in [-0.39, 0.29) is 5.82 Å². The third-order valence-corrected chi connectivity index (χ3v) is 4.15. The van der Waals surface area contributed by atoms with Gasteiger partial charge in [-0.2, -0.15) is 0 Å². The van der Waals surface area contributed by atoms with Crippen molar-refractivity contribution in [2.45, 2.75) is 38.3 Å². The maximum absolute atomic E-state index is 13.2. The van der Waals surface area contributed by atoms with Crippen LogP contribution in [0.4, 0.5) is 10.1 Å². The number of benzene rings is 1. The van der Waals surface area contributed by atoms with E-state index in [9.17, 15) is 4.39 Å². The van der Waals surface area contributed by atoms with Crippen molar-refractivity contribution in [2.24, 2.45) is 0 Å². The average molecular weight is 234 g/mol. The molecule has 0 aliphatic carbocycles. The molecule has 0 aromatic heterocycles. The van der Waals surface area contributed by atoms with E-state index in [1.807, 2.05) is 13.0 Å². The van der Waals surface area contributed by atoms with E-state index in [0.717, 1.165) is 11.3 Å². The van der Waals surface area contributed by atoms with Crippen LogP contribution in [-0.4, -0.2) is 30.1 Å². The Labute approximate surface area is 102 Å². The summed E-state index contributed by atoms with van der Waals surface area (Å²) in [6, 6.07) is 6.15. The van der Waals surface area contributed by atoms with Gasteiger partial charge in [0.25, 0.3) is 0 Å². The van der Waals surface area contributed by atoms with E-state index in [0.29, 0.717) is 12.1 Å². The highest BCUT2D eigenvalue weighted by atomic mass is 19.1. The minimum atomic E-state index is -0.153. The van der Waals surface area contributed by atoms with Crippen LogP contribution in [0.15, 0.2) is 18.2 Å². The highest BCUT2D eigenvalue weighted by Gasteiger charge is 2.37. The molecule has 0 amide bonds. The molecule has 2 unspecified atom stereocenters. The lowest BCUT2D eigenvalue weighted by Crippen LogP contribution is -2.33. The number of halogens is 1. The smallest absolute Gasteiger partial charge is 0.125 e. The Kier molecular flexibility index (Phi) is 2.79. The fraction of sp³-hybridized carbons (Fsp3) is 0.571. The zero-order valence-corrected chi connectivity index (χ0v) is 10.2. The van der Waals surface area contributed by atoms with Crippen molar-refractivity contribution in [3.05, 3.63) is 29.6 Å². The minimum Gasteiger partial charge on any atom is -0.380 e. The van der Waals surface area contributed by atoms with E-state index in [1.165, 1.54) is 38.4 Å². The van der Waals surface area contributed by atoms with Gasteiger partial charge in [-0.15, -0.1) is 0 Å². The fourth-order valence-corrected chi connectivity index (χ4v) is 3.20. The Morgan fingerprint density at radius 1 is 1.29 bits per heavy atom. The van der Waals surface area contributed by atoms with Gasteiger partial charge in [-0.1, -0.05) is 6.07 Å². The Balaban J connectivity index is 1.76. The van der Waals surface area contributed by atoms with Crippen molar-refractivity contribution >= 4 is 5.69 Å². The lowest BCUT2D eigenvalue weighted by molar-refractivity contribution is 0.318. The van der Waals surface area contributed by atoms with Gasteiger partial charge < -0.3 is 5.32 Å². The quantitative estimate of drug-likeness (QED) is 0.846. The molecule has 2 saturated heterocycles. The maximum atomic E-state index is 13.2. The first-order chi connectivity index (χ1) is 8.24. The van der Waals surface area contributed by atoms with Crippen LogP contribution in [0.1, 0.15) is 24.8 Å². The molecular formula is C14H19FN2. The van der Waals surface area contributed by atoms with Gasteiger partial charge in [0, 0.05) is 24.3 Å². The average Bonchev–Trinajstić information content (AvgIpc) is 2.88. The van der Waals surface area contributed by atoms with E-state index in [4.69, 9.17) is 0 Å². The van der Waals surface area contributed by atoms with Gasteiger partial charge in [-0.25, -0.2) is 4.39 Å². The lowest BCUT2D eigenvalue weighted by atomic mass is 10.1. The molecule has 2 aliphatic heterocycles. The van der Waals surface area contributed by atoms with Gasteiger partial charge in [0.2, 0.25) is 0 Å². The molecule has 2 nitrogen and oxygen atoms in total. The molecule has 0 saturated carbocycles. The van der Waals surface area contributed by atoms with Gasteiger partial charge in [0.1, 0.15) is 5.82 Å². The normalized spacial score (nSPS) is 28.4. The molecule has 17 heavy (non-hydrogen) atoms. The van der Waals surface area contributed by atoms with Gasteiger partial charge in [-0.3, -0.25) is 4.90 Å². The number of rotatable bonds is 2. The summed E-state index contributed by atoms with van der Waals surface area (Å²) in [4.78, 5) is 2.56. The van der Waals surface area contributed by atoms with Crippen molar-refractivity contribution in [2.75, 3.05) is 18.4 Å². The maximum Gasteiger partial charge on any atom is 0.125 e. The summed E-state index contributed by atoms with van der Waals surface area (Å²) in [6.07, 6.45) is 3.78. The Morgan fingerprint density at radius 2 is 2.18 bits per heavy atom. The monoisotopic (exact) mass is 234 g/mol. The van der Waals surface area contributed by atoms with Crippen LogP contribution in [0, 0.1) is 12.7 Å². The third kappa shape index (κ3) is 2.04. The predicted molar refractivity (Wildman–Crippen MR) is 67.8 cm³/mol. The van der Waals surface area contributed by atoms with Gasteiger partial charge in [0.05, 0.1) is 0 Å². The van der Waals surface area contributed by atoms with Crippen LogP contribution in [0.2, 0.25) is 0 Å². The second-order valence-electron chi connectivity index (χ2n) is 5.24. The molecule has 92 valence electrons. The summed E-state index contributed by atoms with van der Waals surface area (Å²) in [5.41, 5.74) is 2.09. The Bertz CT molecular complexity index is 419. The standard InChI is InChI=1S/C14H19FN2/c1-10-4-5-11(15)9-13(10)16-12-6-8-17-7-2-3-14(12)17/h4-5,9,12,14,16H,2-3,6-8H2,1H3. The Hall–Kier alpha value is -1.09. The molecule has 2 heterocycles. The fourth-order valence-electron chi connectivity index (χ4n) is 3.20. The van der Waals surface area contributed by atoms with E-state index >= 15 is 0 Å². The van der Waals surface area contributed by atoms with Crippen LogP contribution < -0.4 is 5.32 Å². The first kappa shape index (κ1) is 11.0. The van der Waals surface area contributed by atoms with Crippen molar-refractivity contribution in [1.82, 2.24) is 4.90 Å². The number of hydrogen-bond donors (Lipinski definition) is 1. The molecule has 1 aromatic carbocycles. The topological polar surface area (TPSA) is 15.3 Å². The number of fused-ring (bicyclic) bond motifs is 1. The highest BCUT2D eigenvalue weighted by Crippen LogP contribution is 2.30. The molecule has 3 heteroatoms. The molecule has 1 aromatic rings. The summed E-state index contributed by atoms with van der Waals surface area (Å²) in [7, 11) is 0. The van der Waals surface area contributed by atoms with E-state index in [1.54, 1.807) is 6.07 Å². The predicted octanol–water partition coefficient (Wildman–Crippen LogP) is 2.78. The molecule has 2 atom stereocenters. The number of aryl methyl sites for hydroxylation is 1. The summed E-state index contributed by atoms with van der Waals surface area (Å²) < 4.78 is 13.2. The summed E-state index contributed by atoms with van der Waals surface area (Å²) in [6.45, 7) is 4.46. The van der Waals surface area contributed by atoms with E-state index < -0.39 is 0 Å². The van der Waals surface area contributed by atoms with E-state index in [2.05, 4.69) is 10.2 Å². The Morgan fingerprint density at radius 3 is 3.06 bits per heavy atom. The molecule has 1 N–H and O–H groups in total. The second kappa shape index (κ2) is 4.30. The van der Waals surface area contributed by atoms with Gasteiger partial charge in [-0.05, 0) is 50.4 Å². The number of nitrogens with one attached hydrogen (secondary N) is 1. The van der Waals surface area contributed by atoms with Gasteiger partial charge >= 0.3 is 0 Å². The molecule has 0 bridgehead atoms. The zero-order valence-electron chi connectivity index (χ0n) is 10.2. The lowest BCUT2D eigenvalue weighted by Gasteiger charge is -2.23. The molecule has 3 rings (SSSR count). The van der Waals surface area contributed by atoms with Crippen LogP contribution in [0.5, 0.6) is 0 Å². The van der Waals surface area contributed by atoms with Crippen LogP contribution in [0.25, 0.3) is 0 Å². The number of anilines is 1. The summed E-state index contributed by atoms with van der Waals surface area (Å²) >= 11 is 0. The van der Waals surface area contributed by atoms with Crippen LogP contribution in [-0.2, 0) is 0 Å². The van der Waals surface area contributed by atoms with Crippen molar-refractivity contribution in [3.8, 4) is 0 Å². The van der Waals surface area contributed by atoms with Crippen molar-refractivity contribution < 1.29 is 4.39 Å².